The summed E-state index contributed by atoms with van der Waals surface area (Å²) in [6, 6.07) is 16.7. The Morgan fingerprint density at radius 3 is 2.65 bits per heavy atom. The van der Waals surface area contributed by atoms with Crippen LogP contribution in [0.25, 0.3) is 22.9 Å². The number of fused-ring (bicyclic) bond motifs is 3. The number of halogens is 1. The number of nitrogens with one attached hydrogen (secondary N) is 1. The molecule has 0 aliphatic heterocycles. The second-order valence-corrected chi connectivity index (χ2v) is 6.32. The summed E-state index contributed by atoms with van der Waals surface area (Å²) in [5.74, 6) is 0. The van der Waals surface area contributed by atoms with Crippen LogP contribution in [0.15, 0.2) is 53.3 Å². The maximum atomic E-state index is 13.1. The normalized spacial score (nSPS) is 11.8. The molecule has 126 valence electrons. The zero-order valence-electron chi connectivity index (χ0n) is 13.8. The van der Waals surface area contributed by atoms with Crippen LogP contribution in [0.2, 0.25) is 5.02 Å². The summed E-state index contributed by atoms with van der Waals surface area (Å²) in [6.07, 6.45) is 1.62. The number of pyridine rings is 1. The van der Waals surface area contributed by atoms with E-state index in [0.717, 1.165) is 5.69 Å². The van der Waals surface area contributed by atoms with Crippen molar-refractivity contribution in [3.05, 3.63) is 80.3 Å². The SMILES string of the molecule is Cc1c(C#N)c2nc3ccccc3n2c(=O)/c1=C/Nc1ccc(Cl)cc1. The zero-order chi connectivity index (χ0) is 18.3. The van der Waals surface area contributed by atoms with Crippen LogP contribution in [0.5, 0.6) is 0 Å². The van der Waals surface area contributed by atoms with Gasteiger partial charge in [0.05, 0.1) is 21.8 Å². The van der Waals surface area contributed by atoms with Crippen molar-refractivity contribution in [2.24, 2.45) is 0 Å². The molecular weight excluding hydrogens is 348 g/mol. The average molecular weight is 361 g/mol. The van der Waals surface area contributed by atoms with Gasteiger partial charge in [0.25, 0.3) is 5.56 Å². The zero-order valence-corrected chi connectivity index (χ0v) is 14.6. The lowest BCUT2D eigenvalue weighted by Gasteiger charge is -2.04. The molecule has 0 atom stereocenters. The van der Waals surface area contributed by atoms with Crippen LogP contribution in [0, 0.1) is 18.3 Å². The number of aromatic nitrogens is 2. The largest absolute Gasteiger partial charge is 0.361 e. The Bertz CT molecular complexity index is 1300. The van der Waals surface area contributed by atoms with Crippen molar-refractivity contribution in [3.8, 4) is 6.07 Å². The smallest absolute Gasteiger partial charge is 0.265 e. The molecule has 26 heavy (non-hydrogen) atoms. The number of rotatable bonds is 2. The van der Waals surface area contributed by atoms with Crippen molar-refractivity contribution in [3.63, 3.8) is 0 Å². The highest BCUT2D eigenvalue weighted by Crippen LogP contribution is 2.18. The number of hydrogen-bond acceptors (Lipinski definition) is 4. The minimum absolute atomic E-state index is 0.216. The van der Waals surface area contributed by atoms with Gasteiger partial charge >= 0.3 is 0 Å². The van der Waals surface area contributed by atoms with Crippen molar-refractivity contribution in [1.29, 1.82) is 5.26 Å². The van der Waals surface area contributed by atoms with Crippen LogP contribution in [0.1, 0.15) is 11.1 Å². The van der Waals surface area contributed by atoms with E-state index in [0.29, 0.717) is 38.0 Å². The first-order chi connectivity index (χ1) is 12.6. The van der Waals surface area contributed by atoms with Gasteiger partial charge in [-0.05, 0) is 48.9 Å². The van der Waals surface area contributed by atoms with Crippen LogP contribution in [-0.4, -0.2) is 9.38 Å². The number of para-hydroxylation sites is 2. The van der Waals surface area contributed by atoms with E-state index in [4.69, 9.17) is 11.6 Å². The van der Waals surface area contributed by atoms with E-state index in [1.54, 1.807) is 25.3 Å². The van der Waals surface area contributed by atoms with Gasteiger partial charge in [0.1, 0.15) is 6.07 Å². The highest BCUT2D eigenvalue weighted by molar-refractivity contribution is 6.30. The molecule has 6 heteroatoms. The van der Waals surface area contributed by atoms with Crippen LogP contribution in [0.3, 0.4) is 0 Å². The third-order valence-corrected chi connectivity index (χ3v) is 4.59. The minimum atomic E-state index is -0.216. The van der Waals surface area contributed by atoms with Crippen molar-refractivity contribution in [2.45, 2.75) is 6.92 Å². The quantitative estimate of drug-likeness (QED) is 0.595. The summed E-state index contributed by atoms with van der Waals surface area (Å²) in [4.78, 5) is 17.6. The highest BCUT2D eigenvalue weighted by Gasteiger charge is 2.15. The molecule has 2 aromatic carbocycles. The summed E-state index contributed by atoms with van der Waals surface area (Å²) in [7, 11) is 0. The van der Waals surface area contributed by atoms with Crippen molar-refractivity contribution in [2.75, 3.05) is 5.32 Å². The molecule has 0 saturated carbocycles. The molecule has 1 N–H and O–H groups in total. The fraction of sp³-hybridized carbons (Fsp3) is 0.0500. The second kappa shape index (κ2) is 6.17. The molecule has 4 rings (SSSR count). The molecule has 2 heterocycles. The first-order valence-electron chi connectivity index (χ1n) is 7.96. The van der Waals surface area contributed by atoms with E-state index in [-0.39, 0.29) is 5.56 Å². The van der Waals surface area contributed by atoms with Crippen molar-refractivity contribution >= 4 is 40.2 Å². The van der Waals surface area contributed by atoms with Crippen molar-refractivity contribution < 1.29 is 0 Å². The first kappa shape index (κ1) is 16.1. The Labute approximate surface area is 153 Å². The molecular formula is C20H13ClN4O. The lowest BCUT2D eigenvalue weighted by molar-refractivity contribution is 1.10. The second-order valence-electron chi connectivity index (χ2n) is 5.89. The molecule has 0 bridgehead atoms. The maximum absolute atomic E-state index is 13.1. The molecule has 5 nitrogen and oxygen atoms in total. The number of anilines is 1. The summed E-state index contributed by atoms with van der Waals surface area (Å²) in [5, 5.41) is 13.8. The molecule has 0 aliphatic carbocycles. The molecule has 2 aromatic heterocycles. The summed E-state index contributed by atoms with van der Waals surface area (Å²) in [5.41, 5.74) is 3.33. The molecule has 0 amide bonds. The molecule has 0 unspecified atom stereocenters. The van der Waals surface area contributed by atoms with Crippen LogP contribution < -0.4 is 16.1 Å². The predicted molar refractivity (Wildman–Crippen MR) is 103 cm³/mol. The van der Waals surface area contributed by atoms with E-state index >= 15 is 0 Å². The monoisotopic (exact) mass is 360 g/mol. The van der Waals surface area contributed by atoms with Crippen LogP contribution in [-0.2, 0) is 0 Å². The van der Waals surface area contributed by atoms with Gasteiger partial charge in [0, 0.05) is 16.9 Å². The fourth-order valence-electron chi connectivity index (χ4n) is 2.99. The van der Waals surface area contributed by atoms with E-state index in [9.17, 15) is 10.1 Å². The number of hydrogen-bond donors (Lipinski definition) is 1. The topological polar surface area (TPSA) is 70.2 Å². The molecule has 4 aromatic rings. The summed E-state index contributed by atoms with van der Waals surface area (Å²) in [6.45, 7) is 1.76. The lowest BCUT2D eigenvalue weighted by Crippen LogP contribution is -2.34. The highest BCUT2D eigenvalue weighted by atomic mass is 35.5. The number of benzene rings is 2. The van der Waals surface area contributed by atoms with Gasteiger partial charge in [-0.2, -0.15) is 5.26 Å². The van der Waals surface area contributed by atoms with Crippen molar-refractivity contribution in [1.82, 2.24) is 9.38 Å². The summed E-state index contributed by atoms with van der Waals surface area (Å²) >= 11 is 5.89. The third-order valence-electron chi connectivity index (χ3n) is 4.34. The standard InChI is InChI=1S/C20H13ClN4O/c1-12-15(10-22)19-24-17-4-2-3-5-18(17)25(19)20(26)16(12)11-23-14-8-6-13(21)7-9-14/h2-9,11,23H,1H3/b16-11+. The Kier molecular flexibility index (Phi) is 3.83. The third kappa shape index (κ3) is 2.48. The Hall–Kier alpha value is -3.36. The van der Waals surface area contributed by atoms with Gasteiger partial charge in [0.15, 0.2) is 5.65 Å². The van der Waals surface area contributed by atoms with Crippen LogP contribution in [0.4, 0.5) is 5.69 Å². The Balaban J connectivity index is 2.01. The van der Waals surface area contributed by atoms with Gasteiger partial charge in [0.2, 0.25) is 0 Å². The molecule has 0 fully saturated rings. The first-order valence-corrected chi connectivity index (χ1v) is 8.34. The Morgan fingerprint density at radius 2 is 1.92 bits per heavy atom. The van der Waals surface area contributed by atoms with E-state index in [1.807, 2.05) is 36.4 Å². The fourth-order valence-corrected chi connectivity index (χ4v) is 3.11. The van der Waals surface area contributed by atoms with E-state index in [2.05, 4.69) is 16.4 Å². The predicted octanol–water partition coefficient (Wildman–Crippen LogP) is 3.25. The molecule has 0 spiro atoms. The average Bonchev–Trinajstić information content (AvgIpc) is 3.03. The maximum Gasteiger partial charge on any atom is 0.265 e. The van der Waals surface area contributed by atoms with Gasteiger partial charge in [-0.15, -0.1) is 0 Å². The molecule has 0 saturated heterocycles. The van der Waals surface area contributed by atoms with Gasteiger partial charge in [-0.1, -0.05) is 23.7 Å². The number of nitriles is 1. The molecule has 0 aliphatic rings. The van der Waals surface area contributed by atoms with Crippen LogP contribution >= 0.6 is 11.6 Å². The molecule has 0 radical (unpaired) electrons. The van der Waals surface area contributed by atoms with E-state index < -0.39 is 0 Å². The van der Waals surface area contributed by atoms with Gasteiger partial charge < -0.3 is 5.32 Å². The van der Waals surface area contributed by atoms with Gasteiger partial charge in [-0.3, -0.25) is 9.20 Å². The summed E-state index contributed by atoms with van der Waals surface area (Å²) < 4.78 is 1.50. The lowest BCUT2D eigenvalue weighted by atomic mass is 10.1. The Morgan fingerprint density at radius 1 is 1.19 bits per heavy atom. The number of nitrogens with zero attached hydrogens (tertiary/aromatic N) is 3. The van der Waals surface area contributed by atoms with Gasteiger partial charge in [-0.25, -0.2) is 4.98 Å². The van der Waals surface area contributed by atoms with E-state index in [1.165, 1.54) is 4.40 Å². The number of imidazole rings is 1. The minimum Gasteiger partial charge on any atom is -0.361 e.